The van der Waals surface area contributed by atoms with Gasteiger partial charge >= 0.3 is 0 Å². The molecule has 1 aliphatic carbocycles. The summed E-state index contributed by atoms with van der Waals surface area (Å²) in [5.74, 6) is 0. The Morgan fingerprint density at radius 2 is 1.83 bits per heavy atom. The largest absolute Gasteiger partial charge is 0.386 e. The van der Waals surface area contributed by atoms with Crippen molar-refractivity contribution in [1.29, 1.82) is 0 Å². The van der Waals surface area contributed by atoms with E-state index in [1.165, 1.54) is 11.1 Å². The van der Waals surface area contributed by atoms with Gasteiger partial charge < -0.3 is 16.0 Å². The number of benzene rings is 2. The van der Waals surface area contributed by atoms with Crippen LogP contribution in [0.25, 0.3) is 5.57 Å². The van der Waals surface area contributed by atoms with E-state index in [9.17, 15) is 0 Å². The van der Waals surface area contributed by atoms with Crippen LogP contribution in [0.2, 0.25) is 0 Å². The highest BCUT2D eigenvalue weighted by atomic mass is 15.2. The minimum Gasteiger partial charge on any atom is -0.386 e. The summed E-state index contributed by atoms with van der Waals surface area (Å²) in [4.78, 5) is 2.24. The van der Waals surface area contributed by atoms with E-state index in [4.69, 9.17) is 5.73 Å². The monoisotopic (exact) mass is 305 g/mol. The van der Waals surface area contributed by atoms with Crippen molar-refractivity contribution in [3.05, 3.63) is 78.4 Å². The first-order valence-corrected chi connectivity index (χ1v) is 8.00. The van der Waals surface area contributed by atoms with Gasteiger partial charge in [0.2, 0.25) is 0 Å². The van der Waals surface area contributed by atoms with E-state index in [1.54, 1.807) is 0 Å². The second-order valence-corrected chi connectivity index (χ2v) is 5.61. The van der Waals surface area contributed by atoms with Gasteiger partial charge in [0.25, 0.3) is 0 Å². The summed E-state index contributed by atoms with van der Waals surface area (Å²) in [6.45, 7) is 0.488. The minimum absolute atomic E-state index is 0.280. The molecule has 0 heterocycles. The van der Waals surface area contributed by atoms with Crippen LogP contribution in [0.3, 0.4) is 0 Å². The highest BCUT2D eigenvalue weighted by Gasteiger charge is 2.19. The Labute approximate surface area is 138 Å². The molecule has 3 nitrogen and oxygen atoms in total. The lowest BCUT2D eigenvalue weighted by atomic mass is 9.96. The molecule has 3 rings (SSSR count). The molecule has 1 unspecified atom stereocenters. The van der Waals surface area contributed by atoms with Crippen molar-refractivity contribution < 1.29 is 0 Å². The topological polar surface area (TPSA) is 41.3 Å². The van der Waals surface area contributed by atoms with Crippen LogP contribution in [0.1, 0.15) is 12.0 Å². The molecule has 0 saturated heterocycles. The molecule has 0 bridgehead atoms. The number of nitrogens with two attached hydrogens (primary N) is 1. The van der Waals surface area contributed by atoms with Crippen molar-refractivity contribution in [1.82, 2.24) is 0 Å². The summed E-state index contributed by atoms with van der Waals surface area (Å²) in [5.41, 5.74) is 10.8. The summed E-state index contributed by atoms with van der Waals surface area (Å²) in [5, 5.41) is 3.25. The Morgan fingerprint density at radius 1 is 1.09 bits per heavy atom. The number of allylic oxidation sites excluding steroid dienone is 2. The van der Waals surface area contributed by atoms with Gasteiger partial charge in [0.15, 0.2) is 0 Å². The SMILES string of the molecule is CNc1ccccc1N(CN)C1C=CC(c2ccccc2)=CC1. The lowest BCUT2D eigenvalue weighted by Gasteiger charge is -2.33. The van der Waals surface area contributed by atoms with Crippen molar-refractivity contribution in [3.63, 3.8) is 0 Å². The third-order valence-corrected chi connectivity index (χ3v) is 4.26. The van der Waals surface area contributed by atoms with Crippen LogP contribution in [-0.4, -0.2) is 19.8 Å². The van der Waals surface area contributed by atoms with Crippen LogP contribution in [0.4, 0.5) is 11.4 Å². The molecule has 1 atom stereocenters. The lowest BCUT2D eigenvalue weighted by molar-refractivity contribution is 0.697. The molecule has 23 heavy (non-hydrogen) atoms. The molecule has 3 N–H and O–H groups in total. The summed E-state index contributed by atoms with van der Waals surface area (Å²) >= 11 is 0. The zero-order chi connectivity index (χ0) is 16.1. The maximum atomic E-state index is 6.05. The van der Waals surface area contributed by atoms with Crippen molar-refractivity contribution in [2.24, 2.45) is 5.73 Å². The minimum atomic E-state index is 0.280. The maximum Gasteiger partial charge on any atom is 0.0664 e. The zero-order valence-corrected chi connectivity index (χ0v) is 13.4. The first-order chi connectivity index (χ1) is 11.3. The van der Waals surface area contributed by atoms with Crippen molar-refractivity contribution >= 4 is 16.9 Å². The summed E-state index contributed by atoms with van der Waals surface area (Å²) in [6, 6.07) is 19.0. The second kappa shape index (κ2) is 7.16. The van der Waals surface area contributed by atoms with Gasteiger partial charge in [-0.25, -0.2) is 0 Å². The normalized spacial score (nSPS) is 16.8. The van der Waals surface area contributed by atoms with Gasteiger partial charge in [-0.15, -0.1) is 0 Å². The van der Waals surface area contributed by atoms with Crippen LogP contribution in [0, 0.1) is 0 Å². The highest BCUT2D eigenvalue weighted by molar-refractivity contribution is 5.76. The fraction of sp³-hybridized carbons (Fsp3) is 0.200. The number of hydrogen-bond acceptors (Lipinski definition) is 3. The van der Waals surface area contributed by atoms with E-state index in [-0.39, 0.29) is 6.04 Å². The quantitative estimate of drug-likeness (QED) is 0.824. The average molecular weight is 305 g/mol. The number of nitrogens with one attached hydrogen (secondary N) is 1. The molecule has 3 heteroatoms. The Balaban J connectivity index is 1.80. The third kappa shape index (κ3) is 3.30. The van der Waals surface area contributed by atoms with Gasteiger partial charge in [0.05, 0.1) is 24.1 Å². The Morgan fingerprint density at radius 3 is 2.48 bits per heavy atom. The molecule has 0 fully saturated rings. The van der Waals surface area contributed by atoms with Gasteiger partial charge in [0.1, 0.15) is 0 Å². The average Bonchev–Trinajstić information content (AvgIpc) is 2.64. The van der Waals surface area contributed by atoms with Crippen LogP contribution in [0.5, 0.6) is 0 Å². The summed E-state index contributed by atoms with van der Waals surface area (Å²) < 4.78 is 0. The van der Waals surface area contributed by atoms with E-state index in [2.05, 4.69) is 70.9 Å². The van der Waals surface area contributed by atoms with Crippen LogP contribution in [-0.2, 0) is 0 Å². The predicted octanol–water partition coefficient (Wildman–Crippen LogP) is 3.86. The smallest absolute Gasteiger partial charge is 0.0664 e. The van der Waals surface area contributed by atoms with E-state index < -0.39 is 0 Å². The van der Waals surface area contributed by atoms with Gasteiger partial charge in [-0.05, 0) is 29.7 Å². The van der Waals surface area contributed by atoms with Gasteiger partial charge in [-0.1, -0.05) is 60.7 Å². The summed E-state index contributed by atoms with van der Waals surface area (Å²) in [7, 11) is 1.94. The Kier molecular flexibility index (Phi) is 4.79. The van der Waals surface area contributed by atoms with Crippen molar-refractivity contribution in [2.45, 2.75) is 12.5 Å². The van der Waals surface area contributed by atoms with Gasteiger partial charge in [0, 0.05) is 7.05 Å². The Hall–Kier alpha value is -2.52. The fourth-order valence-corrected chi connectivity index (χ4v) is 3.03. The number of nitrogens with zero attached hydrogens (tertiary/aromatic N) is 1. The fourth-order valence-electron chi connectivity index (χ4n) is 3.03. The van der Waals surface area contributed by atoms with Gasteiger partial charge in [-0.3, -0.25) is 0 Å². The van der Waals surface area contributed by atoms with Crippen LogP contribution in [0.15, 0.2) is 72.8 Å². The van der Waals surface area contributed by atoms with Gasteiger partial charge in [-0.2, -0.15) is 0 Å². The Bertz CT molecular complexity index is 704. The summed E-state index contributed by atoms with van der Waals surface area (Å²) in [6.07, 6.45) is 7.70. The zero-order valence-electron chi connectivity index (χ0n) is 13.4. The van der Waals surface area contributed by atoms with E-state index in [0.29, 0.717) is 6.67 Å². The molecule has 0 spiro atoms. The van der Waals surface area contributed by atoms with Crippen molar-refractivity contribution in [3.8, 4) is 0 Å². The van der Waals surface area contributed by atoms with E-state index >= 15 is 0 Å². The van der Waals surface area contributed by atoms with Crippen molar-refractivity contribution in [2.75, 3.05) is 23.9 Å². The lowest BCUT2D eigenvalue weighted by Crippen LogP contribution is -2.39. The van der Waals surface area contributed by atoms with E-state index in [1.807, 2.05) is 19.2 Å². The molecular formula is C20H23N3. The molecule has 0 aromatic heterocycles. The van der Waals surface area contributed by atoms with Crippen LogP contribution >= 0.6 is 0 Å². The molecule has 0 saturated carbocycles. The first kappa shape index (κ1) is 15.4. The standard InChI is InChI=1S/C20H23N3/c1-22-19-9-5-6-10-20(19)23(15-21)18-13-11-17(12-14-18)16-7-3-2-4-8-16/h2-13,18,22H,14-15,21H2,1H3. The first-order valence-electron chi connectivity index (χ1n) is 8.00. The molecule has 0 amide bonds. The number of rotatable bonds is 5. The highest BCUT2D eigenvalue weighted by Crippen LogP contribution is 2.30. The molecule has 2 aromatic carbocycles. The van der Waals surface area contributed by atoms with E-state index in [0.717, 1.165) is 17.8 Å². The molecule has 118 valence electrons. The number of hydrogen-bond donors (Lipinski definition) is 2. The molecule has 2 aromatic rings. The second-order valence-electron chi connectivity index (χ2n) is 5.61. The maximum absolute atomic E-state index is 6.05. The molecule has 0 radical (unpaired) electrons. The number of para-hydroxylation sites is 2. The van der Waals surface area contributed by atoms with Crippen LogP contribution < -0.4 is 16.0 Å². The number of anilines is 2. The molecular weight excluding hydrogens is 282 g/mol. The molecule has 0 aliphatic heterocycles. The molecule has 1 aliphatic rings. The predicted molar refractivity (Wildman–Crippen MR) is 99.5 cm³/mol. The third-order valence-electron chi connectivity index (χ3n) is 4.26.